The van der Waals surface area contributed by atoms with Crippen LogP contribution in [0, 0.1) is 5.92 Å². The van der Waals surface area contributed by atoms with Crippen LogP contribution in [-0.4, -0.2) is 35.0 Å². The first-order chi connectivity index (χ1) is 7.58. The first-order valence-corrected chi connectivity index (χ1v) is 6.51. The fraction of sp³-hybridized carbons (Fsp3) is 0.400. The van der Waals surface area contributed by atoms with E-state index in [9.17, 15) is 9.59 Å². The van der Waals surface area contributed by atoms with Gasteiger partial charge in [-0.1, -0.05) is 0 Å². The quantitative estimate of drug-likeness (QED) is 0.910. The van der Waals surface area contributed by atoms with Crippen molar-refractivity contribution in [2.75, 3.05) is 13.1 Å². The number of likely N-dealkylation sites (tertiary alicyclic amines) is 1. The summed E-state index contributed by atoms with van der Waals surface area (Å²) in [6, 6.07) is 1.76. The van der Waals surface area contributed by atoms with Gasteiger partial charge in [0.15, 0.2) is 0 Å². The Morgan fingerprint density at radius 1 is 1.56 bits per heavy atom. The summed E-state index contributed by atoms with van der Waals surface area (Å²) in [5.41, 5.74) is 0. The molecular formula is C10H10BrNO3S. The van der Waals surface area contributed by atoms with Crippen LogP contribution in [0.25, 0.3) is 0 Å². The highest BCUT2D eigenvalue weighted by molar-refractivity contribution is 9.10. The van der Waals surface area contributed by atoms with E-state index < -0.39 is 11.9 Å². The van der Waals surface area contributed by atoms with Crippen LogP contribution in [-0.2, 0) is 4.79 Å². The van der Waals surface area contributed by atoms with Gasteiger partial charge in [-0.05, 0) is 28.4 Å². The third-order valence-electron chi connectivity index (χ3n) is 2.60. The van der Waals surface area contributed by atoms with E-state index in [4.69, 9.17) is 5.11 Å². The van der Waals surface area contributed by atoms with E-state index in [0.29, 0.717) is 24.4 Å². The zero-order valence-corrected chi connectivity index (χ0v) is 10.8. The largest absolute Gasteiger partial charge is 0.481 e. The Morgan fingerprint density at radius 2 is 2.31 bits per heavy atom. The molecule has 1 atom stereocenters. The molecule has 16 heavy (non-hydrogen) atoms. The summed E-state index contributed by atoms with van der Waals surface area (Å²) in [5, 5.41) is 10.7. The number of carbonyl (C=O) groups is 2. The van der Waals surface area contributed by atoms with Gasteiger partial charge in [-0.25, -0.2) is 0 Å². The maximum atomic E-state index is 12.0. The van der Waals surface area contributed by atoms with E-state index in [1.54, 1.807) is 11.0 Å². The molecule has 86 valence electrons. The van der Waals surface area contributed by atoms with Crippen molar-refractivity contribution in [3.63, 3.8) is 0 Å². The van der Waals surface area contributed by atoms with Crippen LogP contribution in [0.2, 0.25) is 0 Å². The molecule has 1 fully saturated rings. The summed E-state index contributed by atoms with van der Waals surface area (Å²) in [5.74, 6) is -1.30. The van der Waals surface area contributed by atoms with Crippen molar-refractivity contribution in [2.24, 2.45) is 5.92 Å². The van der Waals surface area contributed by atoms with Gasteiger partial charge in [0.2, 0.25) is 0 Å². The zero-order valence-electron chi connectivity index (χ0n) is 8.35. The number of halogens is 1. The maximum absolute atomic E-state index is 12.0. The summed E-state index contributed by atoms with van der Waals surface area (Å²) in [6.45, 7) is 0.856. The summed E-state index contributed by atoms with van der Waals surface area (Å²) < 4.78 is 0.884. The fourth-order valence-electron chi connectivity index (χ4n) is 1.73. The van der Waals surface area contributed by atoms with Crippen LogP contribution < -0.4 is 0 Å². The van der Waals surface area contributed by atoms with Crippen LogP contribution in [0.5, 0.6) is 0 Å². The molecule has 4 nitrogen and oxygen atoms in total. The van der Waals surface area contributed by atoms with E-state index in [-0.39, 0.29) is 5.91 Å². The predicted octanol–water partition coefficient (Wildman–Crippen LogP) is 2.06. The molecular weight excluding hydrogens is 294 g/mol. The van der Waals surface area contributed by atoms with E-state index in [0.717, 1.165) is 4.47 Å². The average Bonchev–Trinajstić information content (AvgIpc) is 2.84. The van der Waals surface area contributed by atoms with E-state index in [1.807, 2.05) is 5.38 Å². The van der Waals surface area contributed by atoms with E-state index >= 15 is 0 Å². The lowest BCUT2D eigenvalue weighted by Crippen LogP contribution is -2.29. The van der Waals surface area contributed by atoms with Crippen molar-refractivity contribution in [3.05, 3.63) is 20.8 Å². The Bertz CT molecular complexity index is 431. The molecule has 1 N–H and O–H groups in total. The third kappa shape index (κ3) is 2.27. The molecule has 0 spiro atoms. The van der Waals surface area contributed by atoms with Crippen LogP contribution in [0.3, 0.4) is 0 Å². The highest BCUT2D eigenvalue weighted by Gasteiger charge is 2.31. The SMILES string of the molecule is O=C(O)C1CCN(C(=O)c2cc(Br)cs2)C1. The number of nitrogens with zero attached hydrogens (tertiary/aromatic N) is 1. The molecule has 0 saturated carbocycles. The molecule has 2 rings (SSSR count). The Balaban J connectivity index is 2.05. The van der Waals surface area contributed by atoms with Crippen LogP contribution in [0.1, 0.15) is 16.1 Å². The van der Waals surface area contributed by atoms with Crippen molar-refractivity contribution in [1.29, 1.82) is 0 Å². The molecule has 0 aliphatic carbocycles. The van der Waals surface area contributed by atoms with E-state index in [2.05, 4.69) is 15.9 Å². The van der Waals surface area contributed by atoms with Crippen LogP contribution >= 0.6 is 27.3 Å². The van der Waals surface area contributed by atoms with Crippen molar-refractivity contribution < 1.29 is 14.7 Å². The monoisotopic (exact) mass is 303 g/mol. The fourth-order valence-corrected chi connectivity index (χ4v) is 3.12. The molecule has 6 heteroatoms. The van der Waals surface area contributed by atoms with Gasteiger partial charge in [-0.2, -0.15) is 0 Å². The lowest BCUT2D eigenvalue weighted by atomic mass is 10.1. The Morgan fingerprint density at radius 3 is 2.81 bits per heavy atom. The molecule has 0 radical (unpaired) electrons. The normalized spacial score (nSPS) is 20.1. The Labute approximate surface area is 105 Å². The zero-order chi connectivity index (χ0) is 11.7. The van der Waals surface area contributed by atoms with Gasteiger partial charge in [0.25, 0.3) is 5.91 Å². The standard InChI is InChI=1S/C10H10BrNO3S/c11-7-3-8(16-5-7)9(13)12-2-1-6(4-12)10(14)15/h3,5-6H,1-2,4H2,(H,14,15). The smallest absolute Gasteiger partial charge is 0.308 e. The lowest BCUT2D eigenvalue weighted by molar-refractivity contribution is -0.141. The second-order valence-electron chi connectivity index (χ2n) is 3.70. The summed E-state index contributed by atoms with van der Waals surface area (Å²) in [4.78, 5) is 25.0. The molecule has 0 bridgehead atoms. The maximum Gasteiger partial charge on any atom is 0.308 e. The highest BCUT2D eigenvalue weighted by atomic mass is 79.9. The minimum atomic E-state index is -0.817. The number of carbonyl (C=O) groups excluding carboxylic acids is 1. The number of carboxylic acid groups (broad SMARTS) is 1. The molecule has 0 aromatic carbocycles. The predicted molar refractivity (Wildman–Crippen MR) is 63.7 cm³/mol. The van der Waals surface area contributed by atoms with Crippen LogP contribution in [0.4, 0.5) is 0 Å². The van der Waals surface area contributed by atoms with Crippen LogP contribution in [0.15, 0.2) is 15.9 Å². The van der Waals surface area contributed by atoms with Gasteiger partial charge in [0.05, 0.1) is 10.8 Å². The molecule has 1 unspecified atom stereocenters. The number of carboxylic acids is 1. The Kier molecular flexibility index (Phi) is 3.30. The molecule has 1 aromatic heterocycles. The molecule has 2 heterocycles. The average molecular weight is 304 g/mol. The highest BCUT2D eigenvalue weighted by Crippen LogP contribution is 2.24. The number of hydrogen-bond donors (Lipinski definition) is 1. The van der Waals surface area contributed by atoms with Gasteiger partial charge < -0.3 is 10.0 Å². The lowest BCUT2D eigenvalue weighted by Gasteiger charge is -2.14. The van der Waals surface area contributed by atoms with Crippen molar-refractivity contribution in [3.8, 4) is 0 Å². The molecule has 1 aromatic rings. The molecule has 1 saturated heterocycles. The topological polar surface area (TPSA) is 57.6 Å². The van der Waals surface area contributed by atoms with Gasteiger partial charge >= 0.3 is 5.97 Å². The number of thiophene rings is 1. The number of amides is 1. The second kappa shape index (κ2) is 4.55. The first-order valence-electron chi connectivity index (χ1n) is 4.84. The molecule has 1 aliphatic heterocycles. The Hall–Kier alpha value is -0.880. The molecule has 1 aliphatic rings. The molecule has 1 amide bonds. The van der Waals surface area contributed by atoms with E-state index in [1.165, 1.54) is 11.3 Å². The van der Waals surface area contributed by atoms with Crippen molar-refractivity contribution in [2.45, 2.75) is 6.42 Å². The minimum absolute atomic E-state index is 0.0700. The van der Waals surface area contributed by atoms with Crippen molar-refractivity contribution in [1.82, 2.24) is 4.90 Å². The van der Waals surface area contributed by atoms with Gasteiger partial charge in [-0.3, -0.25) is 9.59 Å². The summed E-state index contributed by atoms with van der Waals surface area (Å²) >= 11 is 4.66. The second-order valence-corrected chi connectivity index (χ2v) is 5.53. The summed E-state index contributed by atoms with van der Waals surface area (Å²) in [7, 11) is 0. The third-order valence-corrected chi connectivity index (χ3v) is 4.28. The van der Waals surface area contributed by atoms with Gasteiger partial charge in [0.1, 0.15) is 0 Å². The van der Waals surface area contributed by atoms with Gasteiger partial charge in [-0.15, -0.1) is 11.3 Å². The number of rotatable bonds is 2. The number of aliphatic carboxylic acids is 1. The minimum Gasteiger partial charge on any atom is -0.481 e. The summed E-state index contributed by atoms with van der Waals surface area (Å²) in [6.07, 6.45) is 0.549. The van der Waals surface area contributed by atoms with Gasteiger partial charge in [0, 0.05) is 22.9 Å². The first kappa shape index (κ1) is 11.6. The van der Waals surface area contributed by atoms with Crippen molar-refractivity contribution >= 4 is 39.1 Å². The number of hydrogen-bond acceptors (Lipinski definition) is 3.